The molecule has 0 spiro atoms. The van der Waals surface area contributed by atoms with Gasteiger partial charge in [0.1, 0.15) is 12.4 Å². The van der Waals surface area contributed by atoms with Crippen LogP contribution in [0.25, 0.3) is 0 Å². The van der Waals surface area contributed by atoms with Gasteiger partial charge >= 0.3 is 0 Å². The first-order valence-corrected chi connectivity index (χ1v) is 6.42. The number of hydrogen-bond donors (Lipinski definition) is 1. The van der Waals surface area contributed by atoms with E-state index in [1.165, 1.54) is 11.1 Å². The lowest BCUT2D eigenvalue weighted by Crippen LogP contribution is -1.95. The van der Waals surface area contributed by atoms with E-state index in [0.29, 0.717) is 6.61 Å². The number of hydrogen-bond acceptors (Lipinski definition) is 2. The van der Waals surface area contributed by atoms with Gasteiger partial charge in [-0.15, -0.1) is 0 Å². The molecule has 98 valence electrons. The third-order valence-electron chi connectivity index (χ3n) is 2.75. The van der Waals surface area contributed by atoms with E-state index in [0.717, 1.165) is 11.4 Å². The second-order valence-electron chi connectivity index (χ2n) is 4.54. The normalized spacial score (nSPS) is 10.6. The molecule has 2 aromatic carbocycles. The summed E-state index contributed by atoms with van der Waals surface area (Å²) < 4.78 is 5.60. The molecule has 0 aliphatic carbocycles. The third kappa shape index (κ3) is 4.51. The number of benzene rings is 2. The standard InChI is InChI=1S/C17H19NO/c1-14-7-9-17(10-8-14)19-12-4-11-18-16-6-3-5-15(2)13-16/h3-11,13,18H,12H2,1-2H3/b11-4+. The van der Waals surface area contributed by atoms with Gasteiger partial charge in [-0.3, -0.25) is 0 Å². The van der Waals surface area contributed by atoms with Gasteiger partial charge in [0, 0.05) is 11.9 Å². The van der Waals surface area contributed by atoms with E-state index in [9.17, 15) is 0 Å². The summed E-state index contributed by atoms with van der Waals surface area (Å²) in [7, 11) is 0. The number of anilines is 1. The van der Waals surface area contributed by atoms with Crippen LogP contribution in [0.1, 0.15) is 11.1 Å². The predicted molar refractivity (Wildman–Crippen MR) is 80.6 cm³/mol. The Balaban J connectivity index is 1.76. The van der Waals surface area contributed by atoms with Crippen LogP contribution in [0.4, 0.5) is 5.69 Å². The first-order chi connectivity index (χ1) is 9.24. The summed E-state index contributed by atoms with van der Waals surface area (Å²) in [6, 6.07) is 16.3. The van der Waals surface area contributed by atoms with Gasteiger partial charge < -0.3 is 10.1 Å². The van der Waals surface area contributed by atoms with Crippen LogP contribution in [-0.2, 0) is 0 Å². The van der Waals surface area contributed by atoms with Crippen LogP contribution >= 0.6 is 0 Å². The van der Waals surface area contributed by atoms with E-state index in [4.69, 9.17) is 4.74 Å². The fraction of sp³-hybridized carbons (Fsp3) is 0.176. The monoisotopic (exact) mass is 253 g/mol. The Morgan fingerprint density at radius 1 is 1.00 bits per heavy atom. The molecule has 19 heavy (non-hydrogen) atoms. The Morgan fingerprint density at radius 3 is 2.53 bits per heavy atom. The summed E-state index contributed by atoms with van der Waals surface area (Å²) in [6.45, 7) is 4.70. The number of nitrogens with one attached hydrogen (secondary N) is 1. The van der Waals surface area contributed by atoms with Gasteiger partial charge in [0.05, 0.1) is 0 Å². The van der Waals surface area contributed by atoms with Gasteiger partial charge in [0.2, 0.25) is 0 Å². The van der Waals surface area contributed by atoms with Crippen molar-refractivity contribution in [1.29, 1.82) is 0 Å². The molecule has 0 atom stereocenters. The zero-order valence-electron chi connectivity index (χ0n) is 11.4. The van der Waals surface area contributed by atoms with Gasteiger partial charge in [-0.25, -0.2) is 0 Å². The molecule has 2 rings (SSSR count). The predicted octanol–water partition coefficient (Wildman–Crippen LogP) is 4.31. The van der Waals surface area contributed by atoms with Crippen LogP contribution in [0.15, 0.2) is 60.8 Å². The Kier molecular flexibility index (Phi) is 4.62. The van der Waals surface area contributed by atoms with E-state index in [1.807, 2.05) is 48.7 Å². The fourth-order valence-corrected chi connectivity index (χ4v) is 1.72. The molecule has 0 heterocycles. The summed E-state index contributed by atoms with van der Waals surface area (Å²) in [4.78, 5) is 0. The molecule has 0 aliphatic rings. The SMILES string of the molecule is Cc1ccc(OC/C=C/Nc2cccc(C)c2)cc1. The van der Waals surface area contributed by atoms with Crippen molar-refractivity contribution in [1.82, 2.24) is 0 Å². The Morgan fingerprint density at radius 2 is 1.79 bits per heavy atom. The quantitative estimate of drug-likeness (QED) is 0.857. The lowest BCUT2D eigenvalue weighted by atomic mass is 10.2. The summed E-state index contributed by atoms with van der Waals surface area (Å²) in [5.74, 6) is 0.894. The molecule has 2 nitrogen and oxygen atoms in total. The molecule has 0 saturated carbocycles. The van der Waals surface area contributed by atoms with Crippen molar-refractivity contribution in [2.24, 2.45) is 0 Å². The Bertz CT molecular complexity index is 543. The fourth-order valence-electron chi connectivity index (χ4n) is 1.72. The highest BCUT2D eigenvalue weighted by Gasteiger charge is 1.91. The number of ether oxygens (including phenoxy) is 1. The van der Waals surface area contributed by atoms with Crippen molar-refractivity contribution in [2.45, 2.75) is 13.8 Å². The molecule has 0 amide bonds. The molecule has 2 aromatic rings. The topological polar surface area (TPSA) is 21.3 Å². The highest BCUT2D eigenvalue weighted by atomic mass is 16.5. The second-order valence-corrected chi connectivity index (χ2v) is 4.54. The van der Waals surface area contributed by atoms with E-state index in [2.05, 4.69) is 31.3 Å². The molecule has 2 heteroatoms. The largest absolute Gasteiger partial charge is 0.489 e. The van der Waals surface area contributed by atoms with E-state index in [1.54, 1.807) is 0 Å². The summed E-state index contributed by atoms with van der Waals surface area (Å²) in [6.07, 6.45) is 3.87. The minimum atomic E-state index is 0.557. The molecule has 0 aromatic heterocycles. The molecular formula is C17H19NO. The van der Waals surface area contributed by atoms with Crippen molar-refractivity contribution in [2.75, 3.05) is 11.9 Å². The average molecular weight is 253 g/mol. The van der Waals surface area contributed by atoms with Crippen LogP contribution in [0.5, 0.6) is 5.75 Å². The number of aryl methyl sites for hydroxylation is 2. The second kappa shape index (κ2) is 6.64. The van der Waals surface area contributed by atoms with Crippen molar-refractivity contribution in [3.8, 4) is 5.75 Å². The first-order valence-electron chi connectivity index (χ1n) is 6.42. The summed E-state index contributed by atoms with van der Waals surface area (Å²) in [5, 5.41) is 3.22. The first kappa shape index (κ1) is 13.2. The van der Waals surface area contributed by atoms with Crippen LogP contribution in [-0.4, -0.2) is 6.61 Å². The number of rotatable bonds is 5. The summed E-state index contributed by atoms with van der Waals surface area (Å²) in [5.41, 5.74) is 3.57. The van der Waals surface area contributed by atoms with Gasteiger partial charge in [0.25, 0.3) is 0 Å². The van der Waals surface area contributed by atoms with Crippen molar-refractivity contribution < 1.29 is 4.74 Å². The van der Waals surface area contributed by atoms with Crippen LogP contribution in [0, 0.1) is 13.8 Å². The van der Waals surface area contributed by atoms with E-state index in [-0.39, 0.29) is 0 Å². The smallest absolute Gasteiger partial charge is 0.119 e. The van der Waals surface area contributed by atoms with Crippen LogP contribution in [0.2, 0.25) is 0 Å². The molecule has 1 N–H and O–H groups in total. The highest BCUT2D eigenvalue weighted by molar-refractivity contribution is 5.47. The Labute approximate surface area is 114 Å². The zero-order valence-corrected chi connectivity index (χ0v) is 11.4. The lowest BCUT2D eigenvalue weighted by molar-refractivity contribution is 0.362. The maximum absolute atomic E-state index is 5.60. The van der Waals surface area contributed by atoms with Gasteiger partial charge in [0.15, 0.2) is 0 Å². The molecule has 0 unspecified atom stereocenters. The van der Waals surface area contributed by atoms with Crippen molar-refractivity contribution in [3.05, 3.63) is 71.9 Å². The lowest BCUT2D eigenvalue weighted by Gasteiger charge is -2.04. The minimum Gasteiger partial charge on any atom is -0.489 e. The maximum atomic E-state index is 5.60. The van der Waals surface area contributed by atoms with Gasteiger partial charge in [-0.1, -0.05) is 29.8 Å². The zero-order chi connectivity index (χ0) is 13.5. The average Bonchev–Trinajstić information content (AvgIpc) is 2.41. The molecule has 0 saturated heterocycles. The molecular weight excluding hydrogens is 234 g/mol. The van der Waals surface area contributed by atoms with Gasteiger partial charge in [-0.05, 0) is 49.8 Å². The van der Waals surface area contributed by atoms with Crippen LogP contribution < -0.4 is 10.1 Å². The molecule has 0 bridgehead atoms. The molecule has 0 radical (unpaired) electrons. The maximum Gasteiger partial charge on any atom is 0.119 e. The molecule has 0 aliphatic heterocycles. The van der Waals surface area contributed by atoms with E-state index < -0.39 is 0 Å². The highest BCUT2D eigenvalue weighted by Crippen LogP contribution is 2.11. The van der Waals surface area contributed by atoms with Crippen molar-refractivity contribution >= 4 is 5.69 Å². The molecule has 0 fully saturated rings. The van der Waals surface area contributed by atoms with Crippen LogP contribution in [0.3, 0.4) is 0 Å². The van der Waals surface area contributed by atoms with Gasteiger partial charge in [-0.2, -0.15) is 0 Å². The Hall–Kier alpha value is -2.22. The van der Waals surface area contributed by atoms with E-state index >= 15 is 0 Å². The summed E-state index contributed by atoms with van der Waals surface area (Å²) >= 11 is 0. The third-order valence-corrected chi connectivity index (χ3v) is 2.75. The minimum absolute atomic E-state index is 0.557. The van der Waals surface area contributed by atoms with Crippen molar-refractivity contribution in [3.63, 3.8) is 0 Å².